The maximum absolute atomic E-state index is 5.11. The number of methoxy groups -OCH3 is 2. The third kappa shape index (κ3) is 2.02. The first-order valence-electron chi connectivity index (χ1n) is 3.25. The number of rotatable bonds is 2. The summed E-state index contributed by atoms with van der Waals surface area (Å²) in [5.41, 5.74) is 0. The van der Waals surface area contributed by atoms with Gasteiger partial charge in [-0.2, -0.15) is 0 Å². The zero-order valence-electron chi connectivity index (χ0n) is 6.63. The molecule has 0 aliphatic carbocycles. The van der Waals surface area contributed by atoms with E-state index in [0.29, 0.717) is 0 Å². The van der Waals surface area contributed by atoms with Gasteiger partial charge in [0.2, 0.25) is 0 Å². The molecule has 1 rings (SSSR count). The molecule has 0 heterocycles. The SMILES string of the molecule is COc1cc[c]([SnH])cc1OC. The number of benzene rings is 1. The fourth-order valence-corrected chi connectivity index (χ4v) is 1.56. The van der Waals surface area contributed by atoms with Gasteiger partial charge < -0.3 is 0 Å². The van der Waals surface area contributed by atoms with Crippen LogP contribution in [0.1, 0.15) is 0 Å². The third-order valence-corrected chi connectivity index (χ3v) is 2.43. The van der Waals surface area contributed by atoms with Gasteiger partial charge in [0, 0.05) is 0 Å². The van der Waals surface area contributed by atoms with Crippen LogP contribution in [0, 0.1) is 0 Å². The van der Waals surface area contributed by atoms with Crippen LogP contribution in [0.3, 0.4) is 0 Å². The second-order valence-electron chi connectivity index (χ2n) is 2.11. The van der Waals surface area contributed by atoms with Crippen molar-refractivity contribution in [2.45, 2.75) is 0 Å². The first-order chi connectivity index (χ1) is 5.27. The molecule has 0 aliphatic rings. The second kappa shape index (κ2) is 3.85. The van der Waals surface area contributed by atoms with Gasteiger partial charge >= 0.3 is 79.5 Å². The molecule has 0 aromatic heterocycles. The molecule has 1 aromatic carbocycles. The number of hydrogen-bond donors (Lipinski definition) is 0. The summed E-state index contributed by atoms with van der Waals surface area (Å²) in [7, 11) is 3.29. The summed E-state index contributed by atoms with van der Waals surface area (Å²) in [6.45, 7) is 0. The molecule has 0 spiro atoms. The van der Waals surface area contributed by atoms with Gasteiger partial charge in [0.05, 0.1) is 0 Å². The summed E-state index contributed by atoms with van der Waals surface area (Å²) in [5, 5.41) is 0. The predicted molar refractivity (Wildman–Crippen MR) is 46.3 cm³/mol. The van der Waals surface area contributed by atoms with Gasteiger partial charge in [-0.1, -0.05) is 0 Å². The molecule has 0 saturated heterocycles. The van der Waals surface area contributed by atoms with Gasteiger partial charge in [-0.3, -0.25) is 0 Å². The van der Waals surface area contributed by atoms with E-state index in [9.17, 15) is 0 Å². The minimum absolute atomic E-state index is 0.797. The second-order valence-corrected chi connectivity index (χ2v) is 4.02. The van der Waals surface area contributed by atoms with Crippen LogP contribution in [0.2, 0.25) is 0 Å². The van der Waals surface area contributed by atoms with E-state index in [2.05, 4.69) is 0 Å². The third-order valence-electron chi connectivity index (χ3n) is 1.41. The van der Waals surface area contributed by atoms with Crippen LogP contribution in [-0.2, 0) is 0 Å². The van der Waals surface area contributed by atoms with Gasteiger partial charge in [0.25, 0.3) is 0 Å². The minimum atomic E-state index is 0.797. The van der Waals surface area contributed by atoms with Crippen LogP contribution in [0.15, 0.2) is 18.2 Å². The Kier molecular flexibility index (Phi) is 3.05. The van der Waals surface area contributed by atoms with E-state index < -0.39 is 0 Å². The molecule has 2 radical (unpaired) electrons. The van der Waals surface area contributed by atoms with E-state index >= 15 is 0 Å². The van der Waals surface area contributed by atoms with E-state index in [4.69, 9.17) is 9.47 Å². The van der Waals surface area contributed by atoms with Crippen molar-refractivity contribution in [3.05, 3.63) is 18.2 Å². The van der Waals surface area contributed by atoms with Crippen molar-refractivity contribution in [1.82, 2.24) is 0 Å². The normalized spacial score (nSPS) is 9.36. The average molecular weight is 257 g/mol. The Hall–Kier alpha value is -0.381. The van der Waals surface area contributed by atoms with Gasteiger partial charge in [0.1, 0.15) is 0 Å². The van der Waals surface area contributed by atoms with Gasteiger partial charge in [-0.05, 0) is 0 Å². The van der Waals surface area contributed by atoms with E-state index in [-0.39, 0.29) is 0 Å². The van der Waals surface area contributed by atoms with Crippen molar-refractivity contribution in [2.24, 2.45) is 0 Å². The quantitative estimate of drug-likeness (QED) is 0.706. The van der Waals surface area contributed by atoms with Crippen LogP contribution < -0.4 is 13.1 Å². The molecule has 1 aromatic rings. The van der Waals surface area contributed by atoms with E-state index in [1.54, 1.807) is 14.2 Å². The molecule has 11 heavy (non-hydrogen) atoms. The molecular weight excluding hydrogens is 247 g/mol. The van der Waals surface area contributed by atoms with Crippen molar-refractivity contribution in [2.75, 3.05) is 14.2 Å². The van der Waals surface area contributed by atoms with Crippen LogP contribution >= 0.6 is 0 Å². The molecule has 0 amide bonds. The van der Waals surface area contributed by atoms with Crippen LogP contribution in [-0.4, -0.2) is 36.7 Å². The molecule has 0 N–H and O–H groups in total. The van der Waals surface area contributed by atoms with Gasteiger partial charge in [-0.25, -0.2) is 0 Å². The number of ether oxygens (including phenoxy) is 2. The molecule has 0 fully saturated rings. The molecule has 2 nitrogen and oxygen atoms in total. The van der Waals surface area contributed by atoms with Crippen LogP contribution in [0.4, 0.5) is 0 Å². The molecular formula is C8H10O2Sn. The van der Waals surface area contributed by atoms with Crippen molar-refractivity contribution in [3.63, 3.8) is 0 Å². The summed E-state index contributed by atoms with van der Waals surface area (Å²) in [6, 6.07) is 5.98. The maximum atomic E-state index is 5.11. The predicted octanol–water partition coefficient (Wildman–Crippen LogP) is 0.230. The summed E-state index contributed by atoms with van der Waals surface area (Å²) in [5.74, 6) is 1.61. The Labute approximate surface area is 79.6 Å². The summed E-state index contributed by atoms with van der Waals surface area (Å²) >= 11 is 1.10. The summed E-state index contributed by atoms with van der Waals surface area (Å²) < 4.78 is 11.5. The van der Waals surface area contributed by atoms with Crippen molar-refractivity contribution < 1.29 is 9.47 Å². The molecule has 0 unspecified atom stereocenters. The van der Waals surface area contributed by atoms with E-state index in [1.807, 2.05) is 18.2 Å². The Balaban J connectivity index is 3.06. The van der Waals surface area contributed by atoms with Gasteiger partial charge in [-0.15, -0.1) is 0 Å². The molecule has 0 bridgehead atoms. The van der Waals surface area contributed by atoms with E-state index in [0.717, 1.165) is 34.0 Å². The molecule has 3 heteroatoms. The first-order valence-corrected chi connectivity index (χ1v) is 4.90. The molecule has 0 saturated carbocycles. The number of hydrogen-bond acceptors (Lipinski definition) is 2. The monoisotopic (exact) mass is 258 g/mol. The fraction of sp³-hybridized carbons (Fsp3) is 0.250. The fourth-order valence-electron chi connectivity index (χ4n) is 0.853. The summed E-state index contributed by atoms with van der Waals surface area (Å²) in [6.07, 6.45) is 0. The zero-order valence-corrected chi connectivity index (χ0v) is 9.92. The standard InChI is InChI=1S/C8H9O2.Sn.H/c1-9-7-5-3-4-6-8(7)10-2;;/h3,5-6H,1-2H3;;. The molecule has 0 aliphatic heterocycles. The zero-order chi connectivity index (χ0) is 8.27. The Morgan fingerprint density at radius 2 is 1.73 bits per heavy atom. The topological polar surface area (TPSA) is 18.5 Å². The van der Waals surface area contributed by atoms with E-state index in [1.165, 1.54) is 3.58 Å². The Bertz CT molecular complexity index is 248. The molecule has 58 valence electrons. The van der Waals surface area contributed by atoms with Crippen molar-refractivity contribution in [1.29, 1.82) is 0 Å². The summed E-state index contributed by atoms with van der Waals surface area (Å²) in [4.78, 5) is 0. The Morgan fingerprint density at radius 1 is 1.09 bits per heavy atom. The van der Waals surface area contributed by atoms with Crippen molar-refractivity contribution >= 4 is 26.1 Å². The Morgan fingerprint density at radius 3 is 2.27 bits per heavy atom. The average Bonchev–Trinajstić information content (AvgIpc) is 2.04. The van der Waals surface area contributed by atoms with Gasteiger partial charge in [0.15, 0.2) is 0 Å². The first kappa shape index (κ1) is 8.71. The van der Waals surface area contributed by atoms with Crippen LogP contribution in [0.5, 0.6) is 11.5 Å². The van der Waals surface area contributed by atoms with Crippen LogP contribution in [0.25, 0.3) is 0 Å². The van der Waals surface area contributed by atoms with Crippen molar-refractivity contribution in [3.8, 4) is 11.5 Å². The molecule has 0 atom stereocenters.